The Balaban J connectivity index is 1.96. The number of aromatic nitrogens is 1. The molecule has 1 aromatic rings. The molecule has 1 atom stereocenters. The number of piperidine rings is 1. The highest BCUT2D eigenvalue weighted by Gasteiger charge is 2.25. The predicted molar refractivity (Wildman–Crippen MR) is 85.5 cm³/mol. The summed E-state index contributed by atoms with van der Waals surface area (Å²) in [6.07, 6.45) is 4.17. The van der Waals surface area contributed by atoms with Crippen LogP contribution in [-0.2, 0) is 4.79 Å². The Kier molecular flexibility index (Phi) is 5.96. The number of rotatable bonds is 6. The van der Waals surface area contributed by atoms with E-state index in [1.807, 2.05) is 13.8 Å². The van der Waals surface area contributed by atoms with Gasteiger partial charge >= 0.3 is 5.97 Å². The number of carbonyl (C=O) groups excluding carboxylic acids is 1. The van der Waals surface area contributed by atoms with Crippen LogP contribution in [0.2, 0.25) is 0 Å². The highest BCUT2D eigenvalue weighted by Crippen LogP contribution is 2.22. The van der Waals surface area contributed by atoms with Crippen LogP contribution in [-0.4, -0.2) is 46.1 Å². The summed E-state index contributed by atoms with van der Waals surface area (Å²) in [5, 5.41) is 8.84. The van der Waals surface area contributed by atoms with Crippen LogP contribution >= 0.6 is 0 Å². The van der Waals surface area contributed by atoms with Crippen LogP contribution in [0.25, 0.3) is 0 Å². The topological polar surface area (TPSA) is 79.7 Å². The molecule has 2 heterocycles. The summed E-state index contributed by atoms with van der Waals surface area (Å²) in [5.41, 5.74) is 0.565. The van der Waals surface area contributed by atoms with E-state index in [1.54, 1.807) is 23.2 Å². The summed E-state index contributed by atoms with van der Waals surface area (Å²) in [6.45, 7) is 5.19. The largest absolute Gasteiger partial charge is 0.481 e. The molecule has 1 aromatic heterocycles. The number of hydrogen-bond donors (Lipinski definition) is 1. The van der Waals surface area contributed by atoms with Crippen LogP contribution in [0.3, 0.4) is 0 Å². The number of carbonyl (C=O) groups is 2. The lowest BCUT2D eigenvalue weighted by atomic mass is 9.93. The van der Waals surface area contributed by atoms with Crippen LogP contribution in [0, 0.1) is 5.92 Å². The molecule has 0 bridgehead atoms. The molecule has 1 amide bonds. The van der Waals surface area contributed by atoms with Gasteiger partial charge in [-0.05, 0) is 38.2 Å². The van der Waals surface area contributed by atoms with Gasteiger partial charge in [0.2, 0.25) is 5.88 Å². The number of likely N-dealkylation sites (tertiary alicyclic amines) is 1. The Bertz CT molecular complexity index is 553. The average Bonchev–Trinajstić information content (AvgIpc) is 2.54. The minimum absolute atomic E-state index is 0.0461. The maximum absolute atomic E-state index is 12.6. The lowest BCUT2D eigenvalue weighted by molar-refractivity contribution is -0.138. The zero-order chi connectivity index (χ0) is 16.8. The predicted octanol–water partition coefficient (Wildman–Crippen LogP) is 2.59. The molecular weight excluding hydrogens is 296 g/mol. The second-order valence-electron chi connectivity index (χ2n) is 6.05. The van der Waals surface area contributed by atoms with Gasteiger partial charge in [0, 0.05) is 37.3 Å². The molecule has 0 saturated carbocycles. The molecule has 1 aliphatic heterocycles. The Morgan fingerprint density at radius 2 is 2.13 bits per heavy atom. The molecule has 1 saturated heterocycles. The first-order valence-corrected chi connectivity index (χ1v) is 8.13. The fourth-order valence-corrected chi connectivity index (χ4v) is 2.67. The van der Waals surface area contributed by atoms with Gasteiger partial charge in [0.05, 0.1) is 6.10 Å². The number of ether oxygens (including phenoxy) is 1. The van der Waals surface area contributed by atoms with Gasteiger partial charge in [-0.15, -0.1) is 0 Å². The van der Waals surface area contributed by atoms with Gasteiger partial charge in [-0.25, -0.2) is 4.98 Å². The van der Waals surface area contributed by atoms with Crippen molar-refractivity contribution in [3.8, 4) is 5.88 Å². The fourth-order valence-electron chi connectivity index (χ4n) is 2.67. The first-order valence-electron chi connectivity index (χ1n) is 8.13. The van der Waals surface area contributed by atoms with Gasteiger partial charge in [0.1, 0.15) is 0 Å². The average molecular weight is 320 g/mol. The van der Waals surface area contributed by atoms with Crippen molar-refractivity contribution in [2.75, 3.05) is 13.1 Å². The molecular formula is C17H24N2O4. The van der Waals surface area contributed by atoms with E-state index >= 15 is 0 Å². The number of nitrogens with zero attached hydrogens (tertiary/aromatic N) is 2. The van der Waals surface area contributed by atoms with Crippen molar-refractivity contribution in [3.63, 3.8) is 0 Å². The Morgan fingerprint density at radius 3 is 2.74 bits per heavy atom. The normalized spacial score (nSPS) is 16.9. The highest BCUT2D eigenvalue weighted by molar-refractivity contribution is 5.94. The van der Waals surface area contributed by atoms with Crippen molar-refractivity contribution in [2.45, 2.75) is 45.6 Å². The lowest BCUT2D eigenvalue weighted by Gasteiger charge is -2.31. The van der Waals surface area contributed by atoms with Crippen molar-refractivity contribution in [1.29, 1.82) is 0 Å². The van der Waals surface area contributed by atoms with Crippen molar-refractivity contribution < 1.29 is 19.4 Å². The molecule has 6 heteroatoms. The zero-order valence-electron chi connectivity index (χ0n) is 13.7. The summed E-state index contributed by atoms with van der Waals surface area (Å²) < 4.78 is 5.66. The molecule has 0 spiro atoms. The van der Waals surface area contributed by atoms with Gasteiger partial charge in [0.15, 0.2) is 0 Å². The minimum Gasteiger partial charge on any atom is -0.481 e. The van der Waals surface area contributed by atoms with E-state index in [4.69, 9.17) is 9.84 Å². The van der Waals surface area contributed by atoms with Gasteiger partial charge in [-0.1, -0.05) is 6.92 Å². The van der Waals surface area contributed by atoms with Crippen molar-refractivity contribution in [3.05, 3.63) is 23.9 Å². The van der Waals surface area contributed by atoms with E-state index in [0.29, 0.717) is 24.5 Å². The Hall–Kier alpha value is -2.11. The van der Waals surface area contributed by atoms with E-state index in [-0.39, 0.29) is 24.3 Å². The smallest absolute Gasteiger partial charge is 0.303 e. The Labute approximate surface area is 136 Å². The summed E-state index contributed by atoms with van der Waals surface area (Å²) >= 11 is 0. The third-order valence-corrected chi connectivity index (χ3v) is 4.24. The highest BCUT2D eigenvalue weighted by atomic mass is 16.5. The van der Waals surface area contributed by atoms with Gasteiger partial charge in [-0.3, -0.25) is 9.59 Å². The third kappa shape index (κ3) is 4.94. The second-order valence-corrected chi connectivity index (χ2v) is 6.05. The van der Waals surface area contributed by atoms with E-state index in [9.17, 15) is 9.59 Å². The third-order valence-electron chi connectivity index (χ3n) is 4.24. The maximum atomic E-state index is 12.6. The number of carboxylic acids is 1. The van der Waals surface area contributed by atoms with E-state index in [2.05, 4.69) is 4.98 Å². The lowest BCUT2D eigenvalue weighted by Crippen LogP contribution is -2.38. The molecule has 1 fully saturated rings. The van der Waals surface area contributed by atoms with E-state index in [1.165, 1.54) is 0 Å². The van der Waals surface area contributed by atoms with Crippen LogP contribution in [0.4, 0.5) is 0 Å². The number of aliphatic carboxylic acids is 1. The first-order chi connectivity index (χ1) is 11.0. The molecule has 0 radical (unpaired) electrons. The van der Waals surface area contributed by atoms with Crippen LogP contribution in [0.1, 0.15) is 49.9 Å². The molecule has 23 heavy (non-hydrogen) atoms. The molecule has 0 aromatic carbocycles. The zero-order valence-corrected chi connectivity index (χ0v) is 13.7. The van der Waals surface area contributed by atoms with Crippen LogP contribution < -0.4 is 4.74 Å². The maximum Gasteiger partial charge on any atom is 0.303 e. The van der Waals surface area contributed by atoms with E-state index in [0.717, 1.165) is 19.3 Å². The molecule has 0 aliphatic carbocycles. The molecule has 6 nitrogen and oxygen atoms in total. The summed E-state index contributed by atoms with van der Waals surface area (Å²) in [4.78, 5) is 29.2. The van der Waals surface area contributed by atoms with Crippen LogP contribution in [0.15, 0.2) is 18.3 Å². The number of carboxylic acid groups (broad SMARTS) is 1. The molecule has 126 valence electrons. The molecule has 1 aliphatic rings. The monoisotopic (exact) mass is 320 g/mol. The fraction of sp³-hybridized carbons (Fsp3) is 0.588. The number of hydrogen-bond acceptors (Lipinski definition) is 4. The van der Waals surface area contributed by atoms with Gasteiger partial charge in [0.25, 0.3) is 5.91 Å². The summed E-state index contributed by atoms with van der Waals surface area (Å²) in [7, 11) is 0. The quantitative estimate of drug-likeness (QED) is 0.871. The van der Waals surface area contributed by atoms with Gasteiger partial charge in [-0.2, -0.15) is 0 Å². The van der Waals surface area contributed by atoms with Crippen molar-refractivity contribution in [2.24, 2.45) is 5.92 Å². The number of amides is 1. The van der Waals surface area contributed by atoms with Crippen LogP contribution in [0.5, 0.6) is 5.88 Å². The molecule has 1 unspecified atom stereocenters. The minimum atomic E-state index is -0.768. The second kappa shape index (κ2) is 7.94. The summed E-state index contributed by atoms with van der Waals surface area (Å²) in [6, 6.07) is 3.37. The standard InChI is InChI=1S/C17H24N2O4/c1-3-12(2)23-15-11-14(4-7-18-15)17(22)19-8-5-13(6-9-19)10-16(20)21/h4,7,11-13H,3,5-6,8-10H2,1-2H3,(H,20,21). The first kappa shape index (κ1) is 17.2. The molecule has 1 N–H and O–H groups in total. The van der Waals surface area contributed by atoms with E-state index < -0.39 is 5.97 Å². The Morgan fingerprint density at radius 1 is 1.43 bits per heavy atom. The molecule has 2 rings (SSSR count). The summed E-state index contributed by atoms with van der Waals surface area (Å²) in [5.74, 6) is -0.185. The van der Waals surface area contributed by atoms with Gasteiger partial charge < -0.3 is 14.7 Å². The van der Waals surface area contributed by atoms with Crippen molar-refractivity contribution >= 4 is 11.9 Å². The number of pyridine rings is 1. The SMILES string of the molecule is CCC(C)Oc1cc(C(=O)N2CCC(CC(=O)O)CC2)ccn1. The van der Waals surface area contributed by atoms with Crippen molar-refractivity contribution in [1.82, 2.24) is 9.88 Å².